The van der Waals surface area contributed by atoms with Crippen molar-refractivity contribution in [1.29, 1.82) is 0 Å². The van der Waals surface area contributed by atoms with Crippen LogP contribution >= 0.6 is 0 Å². The van der Waals surface area contributed by atoms with Gasteiger partial charge < -0.3 is 9.30 Å². The number of benzene rings is 2. The van der Waals surface area contributed by atoms with Crippen LogP contribution in [0, 0.1) is 19.8 Å². The molecule has 6 nitrogen and oxygen atoms in total. The second-order valence-electron chi connectivity index (χ2n) is 9.43. The van der Waals surface area contributed by atoms with Crippen LogP contribution in [0.25, 0.3) is 33.2 Å². The first-order chi connectivity index (χ1) is 16.6. The molecule has 0 spiro atoms. The molecule has 2 aromatic carbocycles. The van der Waals surface area contributed by atoms with Gasteiger partial charge in [0, 0.05) is 37.4 Å². The molecule has 4 heterocycles. The van der Waals surface area contributed by atoms with Gasteiger partial charge in [0.05, 0.1) is 34.0 Å². The molecular formula is C28H29N5O. The third-order valence-electron chi connectivity index (χ3n) is 7.20. The molecule has 0 aliphatic carbocycles. The van der Waals surface area contributed by atoms with Gasteiger partial charge in [-0.2, -0.15) is 0 Å². The van der Waals surface area contributed by atoms with E-state index in [1.54, 1.807) is 0 Å². The van der Waals surface area contributed by atoms with Crippen LogP contribution < -0.4 is 0 Å². The zero-order chi connectivity index (χ0) is 23.2. The molecular weight excluding hydrogens is 422 g/mol. The van der Waals surface area contributed by atoms with Crippen molar-refractivity contribution < 1.29 is 4.74 Å². The normalized spacial score (nSPS) is 15.9. The quantitative estimate of drug-likeness (QED) is 0.356. The van der Waals surface area contributed by atoms with Crippen molar-refractivity contribution in [3.05, 3.63) is 77.6 Å². The van der Waals surface area contributed by atoms with Crippen molar-refractivity contribution in [2.75, 3.05) is 13.2 Å². The average Bonchev–Trinajstić information content (AvgIpc) is 3.36. The smallest absolute Gasteiger partial charge is 0.0960 e. The lowest BCUT2D eigenvalue weighted by atomic mass is 9.86. The standard InChI is InChI=1S/C28H29N5O/c1-18-9-10-23-24(15-18)33(28(20-7-5-4-6-8-20)21-11-13-34-14-12-21)25-16-22(17-29-26(23)25)27-19(2)30-31-32(27)3/h4-10,15-17,21,28H,11-14H2,1-3H3. The van der Waals surface area contributed by atoms with E-state index in [1.807, 2.05) is 24.9 Å². The monoisotopic (exact) mass is 451 g/mol. The molecule has 1 fully saturated rings. The van der Waals surface area contributed by atoms with Crippen LogP contribution in [0.15, 0.2) is 60.8 Å². The first-order valence-corrected chi connectivity index (χ1v) is 12.0. The predicted molar refractivity (Wildman–Crippen MR) is 135 cm³/mol. The van der Waals surface area contributed by atoms with Crippen LogP contribution in [0.2, 0.25) is 0 Å². The van der Waals surface area contributed by atoms with E-state index >= 15 is 0 Å². The van der Waals surface area contributed by atoms with Crippen LogP contribution in [-0.4, -0.2) is 37.8 Å². The van der Waals surface area contributed by atoms with Crippen molar-refractivity contribution >= 4 is 21.9 Å². The van der Waals surface area contributed by atoms with Crippen molar-refractivity contribution in [2.24, 2.45) is 13.0 Å². The molecule has 34 heavy (non-hydrogen) atoms. The molecule has 172 valence electrons. The summed E-state index contributed by atoms with van der Waals surface area (Å²) >= 11 is 0. The predicted octanol–water partition coefficient (Wildman–Crippen LogP) is 5.62. The maximum Gasteiger partial charge on any atom is 0.0960 e. The van der Waals surface area contributed by atoms with E-state index in [0.717, 1.165) is 54.0 Å². The number of nitrogens with zero attached hydrogens (tertiary/aromatic N) is 5. The Hall–Kier alpha value is -3.51. The van der Waals surface area contributed by atoms with Crippen molar-refractivity contribution in [3.8, 4) is 11.3 Å². The number of pyridine rings is 1. The van der Waals surface area contributed by atoms with Gasteiger partial charge in [-0.3, -0.25) is 4.98 Å². The number of fused-ring (bicyclic) bond motifs is 3. The summed E-state index contributed by atoms with van der Waals surface area (Å²) in [4.78, 5) is 5.00. The highest BCUT2D eigenvalue weighted by Gasteiger charge is 2.30. The van der Waals surface area contributed by atoms with Gasteiger partial charge in [0.1, 0.15) is 0 Å². The van der Waals surface area contributed by atoms with E-state index in [1.165, 1.54) is 22.0 Å². The minimum Gasteiger partial charge on any atom is -0.381 e. The van der Waals surface area contributed by atoms with Crippen LogP contribution in [0.4, 0.5) is 0 Å². The molecule has 1 atom stereocenters. The number of aryl methyl sites for hydroxylation is 3. The van der Waals surface area contributed by atoms with Crippen molar-refractivity contribution in [3.63, 3.8) is 0 Å². The second kappa shape index (κ2) is 8.37. The van der Waals surface area contributed by atoms with Crippen molar-refractivity contribution in [2.45, 2.75) is 32.7 Å². The van der Waals surface area contributed by atoms with Crippen LogP contribution in [-0.2, 0) is 11.8 Å². The Bertz CT molecular complexity index is 1460. The summed E-state index contributed by atoms with van der Waals surface area (Å²) in [5.74, 6) is 0.485. The molecule has 1 unspecified atom stereocenters. The second-order valence-corrected chi connectivity index (χ2v) is 9.43. The Morgan fingerprint density at radius 3 is 2.50 bits per heavy atom. The van der Waals surface area contributed by atoms with Gasteiger partial charge in [0.25, 0.3) is 0 Å². The molecule has 5 aromatic rings. The van der Waals surface area contributed by atoms with E-state index < -0.39 is 0 Å². The minimum atomic E-state index is 0.203. The summed E-state index contributed by atoms with van der Waals surface area (Å²) < 4.78 is 10.1. The molecule has 3 aromatic heterocycles. The van der Waals surface area contributed by atoms with Gasteiger partial charge in [-0.1, -0.05) is 47.7 Å². The first-order valence-electron chi connectivity index (χ1n) is 12.0. The minimum absolute atomic E-state index is 0.203. The Labute approximate surface area is 199 Å². The molecule has 0 N–H and O–H groups in total. The molecule has 0 saturated carbocycles. The number of ether oxygens (including phenoxy) is 1. The van der Waals surface area contributed by atoms with E-state index in [0.29, 0.717) is 5.92 Å². The van der Waals surface area contributed by atoms with Crippen LogP contribution in [0.1, 0.15) is 35.7 Å². The van der Waals surface area contributed by atoms with Crippen molar-refractivity contribution in [1.82, 2.24) is 24.5 Å². The molecule has 1 saturated heterocycles. The molecule has 0 bridgehead atoms. The fourth-order valence-corrected chi connectivity index (χ4v) is 5.61. The summed E-state index contributed by atoms with van der Waals surface area (Å²) in [6, 6.07) is 20.1. The van der Waals surface area contributed by atoms with Gasteiger partial charge in [0.15, 0.2) is 0 Å². The summed E-state index contributed by atoms with van der Waals surface area (Å²) in [6.45, 7) is 5.79. The maximum atomic E-state index is 5.75. The Morgan fingerprint density at radius 2 is 1.76 bits per heavy atom. The summed E-state index contributed by atoms with van der Waals surface area (Å²) in [7, 11) is 1.94. The number of rotatable bonds is 4. The fourth-order valence-electron chi connectivity index (χ4n) is 5.61. The Balaban J connectivity index is 1.67. The van der Waals surface area contributed by atoms with E-state index in [4.69, 9.17) is 9.72 Å². The third kappa shape index (κ3) is 3.41. The zero-order valence-electron chi connectivity index (χ0n) is 19.9. The molecule has 6 heteroatoms. The van der Waals surface area contributed by atoms with Crippen LogP contribution in [0.3, 0.4) is 0 Å². The molecule has 0 radical (unpaired) electrons. The Morgan fingerprint density at radius 1 is 0.971 bits per heavy atom. The number of aromatic nitrogens is 5. The number of hydrogen-bond donors (Lipinski definition) is 0. The number of hydrogen-bond acceptors (Lipinski definition) is 4. The lowest BCUT2D eigenvalue weighted by Gasteiger charge is -2.33. The third-order valence-corrected chi connectivity index (χ3v) is 7.20. The van der Waals surface area contributed by atoms with Gasteiger partial charge >= 0.3 is 0 Å². The van der Waals surface area contributed by atoms with E-state index in [2.05, 4.69) is 76.4 Å². The molecule has 1 aliphatic rings. The van der Waals surface area contributed by atoms with Gasteiger partial charge in [-0.05, 0) is 55.9 Å². The van der Waals surface area contributed by atoms with E-state index in [-0.39, 0.29) is 6.04 Å². The maximum absolute atomic E-state index is 5.75. The van der Waals surface area contributed by atoms with Gasteiger partial charge in [-0.15, -0.1) is 5.10 Å². The molecule has 1 aliphatic heterocycles. The highest BCUT2D eigenvalue weighted by atomic mass is 16.5. The zero-order valence-corrected chi connectivity index (χ0v) is 19.9. The fraction of sp³-hybridized carbons (Fsp3) is 0.321. The van der Waals surface area contributed by atoms with E-state index in [9.17, 15) is 0 Å². The van der Waals surface area contributed by atoms with Gasteiger partial charge in [-0.25, -0.2) is 4.68 Å². The average molecular weight is 452 g/mol. The Kier molecular flexibility index (Phi) is 5.18. The van der Waals surface area contributed by atoms with Gasteiger partial charge in [0.2, 0.25) is 0 Å². The highest BCUT2D eigenvalue weighted by Crippen LogP contribution is 2.41. The largest absolute Gasteiger partial charge is 0.381 e. The molecule has 0 amide bonds. The summed E-state index contributed by atoms with van der Waals surface area (Å²) in [5, 5.41) is 9.69. The van der Waals surface area contributed by atoms with Crippen LogP contribution in [0.5, 0.6) is 0 Å². The summed E-state index contributed by atoms with van der Waals surface area (Å²) in [5.41, 5.74) is 8.96. The lowest BCUT2D eigenvalue weighted by Crippen LogP contribution is -2.26. The summed E-state index contributed by atoms with van der Waals surface area (Å²) in [6.07, 6.45) is 4.05. The topological polar surface area (TPSA) is 57.8 Å². The SMILES string of the molecule is Cc1ccc2c3ncc(-c4c(C)nnn4C)cc3n(C(c3ccccc3)C3CCOCC3)c2c1. The molecule has 6 rings (SSSR count). The first kappa shape index (κ1) is 21.1. The highest BCUT2D eigenvalue weighted by molar-refractivity contribution is 6.07. The lowest BCUT2D eigenvalue weighted by molar-refractivity contribution is 0.0553.